The molecule has 3 aromatic rings. The first-order valence-electron chi connectivity index (χ1n) is 8.80. The zero-order valence-electron chi connectivity index (χ0n) is 14.9. The number of pyridine rings is 1. The summed E-state index contributed by atoms with van der Waals surface area (Å²) in [5, 5.41) is 7.52. The number of aryl methyl sites for hydroxylation is 1. The molecular formula is C20H19ClN4OS. The van der Waals surface area contributed by atoms with Crippen molar-refractivity contribution < 1.29 is 4.79 Å². The standard InChI is InChI=1S/C20H19ClN4OS/c1-12-18(10-13-2-5-15(21)6-3-13)27-20(23-12)25-19(26)17-7-4-14-11-22-9-8-16(14)24-17/h2-7,22H,8-11H2,1H3,(H,23,25,26). The van der Waals surface area contributed by atoms with E-state index >= 15 is 0 Å². The van der Waals surface area contributed by atoms with Gasteiger partial charge in [-0.3, -0.25) is 10.1 Å². The molecule has 3 heterocycles. The molecule has 1 amide bonds. The van der Waals surface area contributed by atoms with Crippen LogP contribution in [0.2, 0.25) is 5.02 Å². The van der Waals surface area contributed by atoms with Crippen LogP contribution in [0, 0.1) is 6.92 Å². The van der Waals surface area contributed by atoms with Crippen molar-refractivity contribution >= 4 is 34.0 Å². The summed E-state index contributed by atoms with van der Waals surface area (Å²) in [4.78, 5) is 22.7. The number of thiazole rings is 1. The maximum atomic E-state index is 12.6. The third-order valence-corrected chi connectivity index (χ3v) is 5.87. The zero-order chi connectivity index (χ0) is 18.8. The fourth-order valence-corrected chi connectivity index (χ4v) is 4.18. The van der Waals surface area contributed by atoms with Crippen molar-refractivity contribution in [3.8, 4) is 0 Å². The molecule has 0 aliphatic carbocycles. The van der Waals surface area contributed by atoms with Gasteiger partial charge in [0.2, 0.25) is 0 Å². The average molecular weight is 399 g/mol. The molecule has 0 bridgehead atoms. The summed E-state index contributed by atoms with van der Waals surface area (Å²) in [6.07, 6.45) is 1.61. The van der Waals surface area contributed by atoms with E-state index in [0.29, 0.717) is 10.8 Å². The van der Waals surface area contributed by atoms with E-state index in [-0.39, 0.29) is 5.91 Å². The highest BCUT2D eigenvalue weighted by Gasteiger charge is 2.16. The Balaban J connectivity index is 1.48. The highest BCUT2D eigenvalue weighted by Crippen LogP contribution is 2.26. The van der Waals surface area contributed by atoms with Gasteiger partial charge in [-0.05, 0) is 36.2 Å². The number of nitrogens with one attached hydrogen (secondary N) is 2. The summed E-state index contributed by atoms with van der Waals surface area (Å²) in [5.41, 5.74) is 4.68. The predicted octanol–water partition coefficient (Wildman–Crippen LogP) is 3.99. The number of aromatic nitrogens is 2. The highest BCUT2D eigenvalue weighted by molar-refractivity contribution is 7.15. The molecule has 1 aliphatic rings. The number of halogens is 1. The molecule has 0 atom stereocenters. The number of hydrogen-bond donors (Lipinski definition) is 2. The number of benzene rings is 1. The van der Waals surface area contributed by atoms with Gasteiger partial charge in [-0.25, -0.2) is 9.97 Å². The summed E-state index contributed by atoms with van der Waals surface area (Å²) < 4.78 is 0. The molecule has 2 aromatic heterocycles. The maximum absolute atomic E-state index is 12.6. The largest absolute Gasteiger partial charge is 0.312 e. The summed E-state index contributed by atoms with van der Waals surface area (Å²) in [6.45, 7) is 3.66. The van der Waals surface area contributed by atoms with Crippen LogP contribution < -0.4 is 10.6 Å². The van der Waals surface area contributed by atoms with E-state index in [0.717, 1.165) is 58.3 Å². The lowest BCUT2D eigenvalue weighted by Crippen LogP contribution is -2.25. The average Bonchev–Trinajstić information content (AvgIpc) is 3.02. The van der Waals surface area contributed by atoms with Crippen molar-refractivity contribution in [2.24, 2.45) is 0 Å². The molecule has 27 heavy (non-hydrogen) atoms. The number of hydrogen-bond acceptors (Lipinski definition) is 5. The summed E-state index contributed by atoms with van der Waals surface area (Å²) in [7, 11) is 0. The SMILES string of the molecule is Cc1nc(NC(=O)c2ccc3c(n2)CCNC3)sc1Cc1ccc(Cl)cc1. The van der Waals surface area contributed by atoms with Crippen molar-refractivity contribution in [1.29, 1.82) is 0 Å². The number of carbonyl (C=O) groups is 1. The zero-order valence-corrected chi connectivity index (χ0v) is 16.5. The second-order valence-corrected chi connectivity index (χ2v) is 8.03. The lowest BCUT2D eigenvalue weighted by molar-refractivity contribution is 0.102. The van der Waals surface area contributed by atoms with Crippen molar-refractivity contribution in [2.45, 2.75) is 26.3 Å². The van der Waals surface area contributed by atoms with Gasteiger partial charge in [0.15, 0.2) is 5.13 Å². The lowest BCUT2D eigenvalue weighted by Gasteiger charge is -2.16. The lowest BCUT2D eigenvalue weighted by atomic mass is 10.1. The molecule has 0 radical (unpaired) electrons. The fraction of sp³-hybridized carbons (Fsp3) is 0.250. The van der Waals surface area contributed by atoms with Crippen molar-refractivity contribution in [3.05, 3.63) is 74.5 Å². The van der Waals surface area contributed by atoms with Gasteiger partial charge < -0.3 is 5.32 Å². The Morgan fingerprint density at radius 2 is 2.04 bits per heavy atom. The van der Waals surface area contributed by atoms with Crippen LogP contribution >= 0.6 is 22.9 Å². The molecule has 0 fully saturated rings. The van der Waals surface area contributed by atoms with E-state index in [4.69, 9.17) is 11.6 Å². The van der Waals surface area contributed by atoms with Gasteiger partial charge in [-0.15, -0.1) is 11.3 Å². The molecular weight excluding hydrogens is 380 g/mol. The smallest absolute Gasteiger partial charge is 0.276 e. The highest BCUT2D eigenvalue weighted by atomic mass is 35.5. The van der Waals surface area contributed by atoms with Gasteiger partial charge in [0.25, 0.3) is 5.91 Å². The number of amides is 1. The molecule has 138 valence electrons. The van der Waals surface area contributed by atoms with Gasteiger partial charge in [0, 0.05) is 41.5 Å². The normalized spacial score (nSPS) is 13.3. The molecule has 5 nitrogen and oxygen atoms in total. The quantitative estimate of drug-likeness (QED) is 0.697. The van der Waals surface area contributed by atoms with Crippen molar-refractivity contribution in [3.63, 3.8) is 0 Å². The molecule has 4 rings (SSSR count). The van der Waals surface area contributed by atoms with E-state index in [1.165, 1.54) is 11.3 Å². The Morgan fingerprint density at radius 1 is 1.22 bits per heavy atom. The van der Waals surface area contributed by atoms with E-state index in [1.807, 2.05) is 37.3 Å². The monoisotopic (exact) mass is 398 g/mol. The van der Waals surface area contributed by atoms with Gasteiger partial charge in [0.1, 0.15) is 5.69 Å². The fourth-order valence-electron chi connectivity index (χ4n) is 3.06. The Morgan fingerprint density at radius 3 is 2.85 bits per heavy atom. The van der Waals surface area contributed by atoms with Crippen LogP contribution in [-0.2, 0) is 19.4 Å². The third-order valence-electron chi connectivity index (χ3n) is 4.55. The van der Waals surface area contributed by atoms with Gasteiger partial charge in [-0.1, -0.05) is 29.8 Å². The van der Waals surface area contributed by atoms with Crippen LogP contribution in [0.1, 0.15) is 37.9 Å². The Kier molecular flexibility index (Phi) is 5.20. The van der Waals surface area contributed by atoms with Crippen LogP contribution in [0.5, 0.6) is 0 Å². The second kappa shape index (κ2) is 7.76. The van der Waals surface area contributed by atoms with E-state index in [9.17, 15) is 4.79 Å². The molecule has 7 heteroatoms. The molecule has 0 spiro atoms. The van der Waals surface area contributed by atoms with Crippen molar-refractivity contribution in [1.82, 2.24) is 15.3 Å². The Labute approximate surface area is 166 Å². The Hall–Kier alpha value is -2.28. The van der Waals surface area contributed by atoms with Gasteiger partial charge in [-0.2, -0.15) is 0 Å². The van der Waals surface area contributed by atoms with Gasteiger partial charge in [0.05, 0.1) is 5.69 Å². The van der Waals surface area contributed by atoms with E-state index < -0.39 is 0 Å². The van der Waals surface area contributed by atoms with Crippen molar-refractivity contribution in [2.75, 3.05) is 11.9 Å². The first-order valence-corrected chi connectivity index (χ1v) is 9.99. The van der Waals surface area contributed by atoms with Crippen LogP contribution in [0.25, 0.3) is 0 Å². The molecule has 2 N–H and O–H groups in total. The van der Waals surface area contributed by atoms with Crippen LogP contribution in [0.15, 0.2) is 36.4 Å². The summed E-state index contributed by atoms with van der Waals surface area (Å²) in [5.74, 6) is -0.219. The minimum atomic E-state index is -0.219. The molecule has 0 saturated heterocycles. The minimum absolute atomic E-state index is 0.219. The second-order valence-electron chi connectivity index (χ2n) is 6.51. The molecule has 0 saturated carbocycles. The number of nitrogens with zero attached hydrogens (tertiary/aromatic N) is 2. The van der Waals surface area contributed by atoms with Gasteiger partial charge >= 0.3 is 0 Å². The first-order chi connectivity index (χ1) is 13.1. The molecule has 1 aliphatic heterocycles. The number of rotatable bonds is 4. The van der Waals surface area contributed by atoms with Crippen LogP contribution in [-0.4, -0.2) is 22.4 Å². The molecule has 1 aromatic carbocycles. The Bertz CT molecular complexity index is 984. The number of anilines is 1. The van der Waals surface area contributed by atoms with Crippen LogP contribution in [0.3, 0.4) is 0 Å². The third kappa shape index (κ3) is 4.18. The van der Waals surface area contributed by atoms with E-state index in [2.05, 4.69) is 20.6 Å². The van der Waals surface area contributed by atoms with E-state index in [1.54, 1.807) is 6.07 Å². The first kappa shape index (κ1) is 18.1. The summed E-state index contributed by atoms with van der Waals surface area (Å²) in [6, 6.07) is 11.5. The van der Waals surface area contributed by atoms with Crippen LogP contribution in [0.4, 0.5) is 5.13 Å². The predicted molar refractivity (Wildman–Crippen MR) is 109 cm³/mol. The minimum Gasteiger partial charge on any atom is -0.312 e. The number of carbonyl (C=O) groups excluding carboxylic acids is 1. The maximum Gasteiger partial charge on any atom is 0.276 e. The molecule has 0 unspecified atom stereocenters. The topological polar surface area (TPSA) is 66.9 Å². The number of fused-ring (bicyclic) bond motifs is 1. The summed E-state index contributed by atoms with van der Waals surface area (Å²) >= 11 is 7.44.